The van der Waals surface area contributed by atoms with Crippen LogP contribution >= 0.6 is 23.4 Å². The van der Waals surface area contributed by atoms with Crippen LogP contribution < -0.4 is 4.90 Å². The highest BCUT2D eigenvalue weighted by molar-refractivity contribution is 7.99. The number of nitrogens with zero attached hydrogens (tertiary/aromatic N) is 3. The molecule has 3 amide bonds. The zero-order chi connectivity index (χ0) is 26.3. The molecule has 0 unspecified atom stereocenters. The van der Waals surface area contributed by atoms with Crippen molar-refractivity contribution < 1.29 is 22.8 Å². The number of carbonyl (C=O) groups excluding carboxylic acids is 2. The van der Waals surface area contributed by atoms with Crippen LogP contribution in [-0.4, -0.2) is 22.4 Å². The molecule has 0 aliphatic carbocycles. The Balaban J connectivity index is 1.67. The Morgan fingerprint density at radius 2 is 1.69 bits per heavy atom. The lowest BCUT2D eigenvalue weighted by atomic mass is 10.0. The molecule has 10 heteroatoms. The van der Waals surface area contributed by atoms with E-state index in [1.54, 1.807) is 26.0 Å². The summed E-state index contributed by atoms with van der Waals surface area (Å²) in [6.07, 6.45) is -4.82. The van der Waals surface area contributed by atoms with Crippen molar-refractivity contribution in [2.45, 2.75) is 41.9 Å². The van der Waals surface area contributed by atoms with E-state index >= 15 is 0 Å². The van der Waals surface area contributed by atoms with Crippen molar-refractivity contribution in [1.29, 1.82) is 5.26 Å². The standard InChI is InChI=1S/C26H19ClF3N3O2S/c1-25(2)23(34)33(19-10-7-16(14-31)21(13-19)26(28,29)30)24(35)32(25)15-17-5-3-4-6-22(17)36-20-11-8-18(27)9-12-20/h3-13H,15H2,1-2H3. The monoisotopic (exact) mass is 529 g/mol. The lowest BCUT2D eigenvalue weighted by Gasteiger charge is -2.28. The lowest BCUT2D eigenvalue weighted by Crippen LogP contribution is -2.43. The van der Waals surface area contributed by atoms with Crippen molar-refractivity contribution in [1.82, 2.24) is 4.90 Å². The number of hydrogen-bond donors (Lipinski definition) is 0. The quantitative estimate of drug-likeness (QED) is 0.330. The molecule has 1 fully saturated rings. The van der Waals surface area contributed by atoms with Gasteiger partial charge in [-0.15, -0.1) is 0 Å². The maximum Gasteiger partial charge on any atom is 0.417 e. The molecule has 0 atom stereocenters. The van der Waals surface area contributed by atoms with E-state index in [-0.39, 0.29) is 12.2 Å². The van der Waals surface area contributed by atoms with E-state index in [0.717, 1.165) is 26.3 Å². The second-order valence-electron chi connectivity index (χ2n) is 8.57. The van der Waals surface area contributed by atoms with Gasteiger partial charge >= 0.3 is 12.2 Å². The Bertz CT molecular complexity index is 1380. The summed E-state index contributed by atoms with van der Waals surface area (Å²) in [6, 6.07) is 18.2. The molecule has 1 aliphatic heterocycles. The predicted molar refractivity (Wildman–Crippen MR) is 131 cm³/mol. The van der Waals surface area contributed by atoms with Gasteiger partial charge in [0, 0.05) is 21.4 Å². The molecule has 0 bridgehead atoms. The molecular weight excluding hydrogens is 511 g/mol. The summed E-state index contributed by atoms with van der Waals surface area (Å²) < 4.78 is 40.5. The van der Waals surface area contributed by atoms with Crippen LogP contribution in [0.2, 0.25) is 5.02 Å². The molecule has 1 saturated heterocycles. The average molecular weight is 530 g/mol. The summed E-state index contributed by atoms with van der Waals surface area (Å²) in [5.74, 6) is -0.659. The molecule has 0 N–H and O–H groups in total. The number of halogens is 4. The molecule has 4 rings (SSSR count). The summed E-state index contributed by atoms with van der Waals surface area (Å²) in [5, 5.41) is 9.67. The fourth-order valence-electron chi connectivity index (χ4n) is 3.87. The zero-order valence-corrected chi connectivity index (χ0v) is 20.7. The molecule has 1 aliphatic rings. The number of amides is 3. The van der Waals surface area contributed by atoms with Gasteiger partial charge in [0.05, 0.1) is 22.9 Å². The molecule has 0 aromatic heterocycles. The van der Waals surface area contributed by atoms with E-state index in [1.807, 2.05) is 36.4 Å². The Hall–Kier alpha value is -3.48. The fraction of sp³-hybridized carbons (Fsp3) is 0.192. The molecular formula is C26H19ClF3N3O2S. The van der Waals surface area contributed by atoms with Crippen LogP contribution in [0.4, 0.5) is 23.7 Å². The second kappa shape index (κ2) is 9.52. The van der Waals surface area contributed by atoms with Crippen LogP contribution in [0.3, 0.4) is 0 Å². The molecule has 36 heavy (non-hydrogen) atoms. The number of imide groups is 1. The number of benzene rings is 3. The van der Waals surface area contributed by atoms with Crippen LogP contribution in [0.5, 0.6) is 0 Å². The summed E-state index contributed by atoms with van der Waals surface area (Å²) in [5.41, 5.74) is -2.58. The van der Waals surface area contributed by atoms with Gasteiger partial charge in [-0.1, -0.05) is 41.6 Å². The van der Waals surface area contributed by atoms with Gasteiger partial charge < -0.3 is 4.90 Å². The molecule has 184 valence electrons. The smallest absolute Gasteiger partial charge is 0.305 e. The first kappa shape index (κ1) is 25.6. The highest BCUT2D eigenvalue weighted by Gasteiger charge is 2.52. The maximum atomic E-state index is 13.5. The number of rotatable bonds is 5. The number of hydrogen-bond acceptors (Lipinski definition) is 4. The van der Waals surface area contributed by atoms with Crippen molar-refractivity contribution in [2.75, 3.05) is 4.90 Å². The molecule has 0 radical (unpaired) electrons. The van der Waals surface area contributed by atoms with Gasteiger partial charge in [-0.25, -0.2) is 9.69 Å². The van der Waals surface area contributed by atoms with Gasteiger partial charge in [-0.2, -0.15) is 18.4 Å². The number of urea groups is 1. The maximum absolute atomic E-state index is 13.5. The molecule has 0 spiro atoms. The van der Waals surface area contributed by atoms with E-state index in [1.165, 1.54) is 28.8 Å². The highest BCUT2D eigenvalue weighted by atomic mass is 35.5. The second-order valence-corrected chi connectivity index (χ2v) is 10.1. The lowest BCUT2D eigenvalue weighted by molar-refractivity contribution is -0.137. The Morgan fingerprint density at radius 3 is 2.33 bits per heavy atom. The Labute approximate surface area is 215 Å². The summed E-state index contributed by atoms with van der Waals surface area (Å²) >= 11 is 7.43. The van der Waals surface area contributed by atoms with Gasteiger partial charge in [0.25, 0.3) is 5.91 Å². The molecule has 5 nitrogen and oxygen atoms in total. The van der Waals surface area contributed by atoms with Crippen molar-refractivity contribution >= 4 is 41.0 Å². The number of carbonyl (C=O) groups is 2. The zero-order valence-electron chi connectivity index (χ0n) is 19.1. The van der Waals surface area contributed by atoms with Crippen molar-refractivity contribution in [3.63, 3.8) is 0 Å². The van der Waals surface area contributed by atoms with Gasteiger partial charge in [-0.3, -0.25) is 4.79 Å². The molecule has 3 aromatic rings. The first-order chi connectivity index (χ1) is 16.9. The van der Waals surface area contributed by atoms with Crippen LogP contribution in [0.25, 0.3) is 0 Å². The van der Waals surface area contributed by atoms with E-state index in [9.17, 15) is 22.8 Å². The number of alkyl halides is 3. The van der Waals surface area contributed by atoms with Gasteiger partial charge in [0.2, 0.25) is 0 Å². The average Bonchev–Trinajstić information content (AvgIpc) is 3.00. The topological polar surface area (TPSA) is 64.4 Å². The van der Waals surface area contributed by atoms with E-state index in [4.69, 9.17) is 16.9 Å². The van der Waals surface area contributed by atoms with Crippen LogP contribution in [0.1, 0.15) is 30.5 Å². The SMILES string of the molecule is CC1(C)C(=O)N(c2ccc(C#N)c(C(F)(F)F)c2)C(=O)N1Cc1ccccc1Sc1ccc(Cl)cc1. The van der Waals surface area contributed by atoms with E-state index < -0.39 is 34.8 Å². The Morgan fingerprint density at radius 1 is 1.03 bits per heavy atom. The van der Waals surface area contributed by atoms with E-state index in [0.29, 0.717) is 11.1 Å². The fourth-order valence-corrected chi connectivity index (χ4v) is 4.93. The minimum absolute atomic E-state index is 0.0627. The first-order valence-corrected chi connectivity index (χ1v) is 11.9. The predicted octanol–water partition coefficient (Wildman–Crippen LogP) is 7.13. The summed E-state index contributed by atoms with van der Waals surface area (Å²) in [6.45, 7) is 3.17. The third kappa shape index (κ3) is 4.79. The van der Waals surface area contributed by atoms with Crippen LogP contribution in [0.15, 0.2) is 76.5 Å². The minimum Gasteiger partial charge on any atom is -0.305 e. The van der Waals surface area contributed by atoms with E-state index in [2.05, 4.69) is 0 Å². The van der Waals surface area contributed by atoms with Crippen molar-refractivity contribution in [3.05, 3.63) is 88.4 Å². The molecule has 0 saturated carbocycles. The van der Waals surface area contributed by atoms with Crippen LogP contribution in [-0.2, 0) is 17.5 Å². The Kier molecular flexibility index (Phi) is 6.78. The van der Waals surface area contributed by atoms with Gasteiger partial charge in [-0.05, 0) is 67.9 Å². The third-order valence-electron chi connectivity index (χ3n) is 5.85. The first-order valence-electron chi connectivity index (χ1n) is 10.7. The molecule has 3 aromatic carbocycles. The van der Waals surface area contributed by atoms with Crippen molar-refractivity contribution in [2.24, 2.45) is 0 Å². The van der Waals surface area contributed by atoms with Gasteiger partial charge in [0.15, 0.2) is 0 Å². The molecule has 1 heterocycles. The minimum atomic E-state index is -4.82. The summed E-state index contributed by atoms with van der Waals surface area (Å²) in [7, 11) is 0. The normalized spacial score (nSPS) is 15.4. The largest absolute Gasteiger partial charge is 0.417 e. The third-order valence-corrected chi connectivity index (χ3v) is 7.23. The summed E-state index contributed by atoms with van der Waals surface area (Å²) in [4.78, 5) is 30.5. The number of anilines is 1. The van der Waals surface area contributed by atoms with Gasteiger partial charge in [0.1, 0.15) is 5.54 Å². The van der Waals surface area contributed by atoms with Crippen molar-refractivity contribution in [3.8, 4) is 6.07 Å². The van der Waals surface area contributed by atoms with Crippen LogP contribution in [0, 0.1) is 11.3 Å². The number of nitriles is 1. The highest BCUT2D eigenvalue weighted by Crippen LogP contribution is 2.39.